The molecular weight excluding hydrogens is 402 g/mol. The summed E-state index contributed by atoms with van der Waals surface area (Å²) in [4.78, 5) is 14.8. The number of aromatic nitrogens is 2. The normalized spacial score (nSPS) is 15.8. The van der Waals surface area contributed by atoms with Crippen LogP contribution in [0.1, 0.15) is 10.4 Å². The van der Waals surface area contributed by atoms with E-state index in [1.807, 2.05) is 31.4 Å². The van der Waals surface area contributed by atoms with Gasteiger partial charge in [0.25, 0.3) is 5.91 Å². The average Bonchev–Trinajstić information content (AvgIpc) is 3.29. The fourth-order valence-electron chi connectivity index (χ4n) is 3.28. The summed E-state index contributed by atoms with van der Waals surface area (Å²) in [6.45, 7) is 2.39. The number of likely N-dealkylation sites (N-methyl/N-ethyl adjacent to an activating group) is 1. The molecule has 3 aromatic rings. The van der Waals surface area contributed by atoms with Crippen molar-refractivity contribution >= 4 is 21.6 Å². The van der Waals surface area contributed by atoms with Crippen LogP contribution in [0.25, 0.3) is 5.69 Å². The number of nitrogens with zero attached hydrogens (tertiary/aromatic N) is 4. The van der Waals surface area contributed by atoms with E-state index in [2.05, 4.69) is 15.3 Å². The molecule has 9 heteroatoms. The summed E-state index contributed by atoms with van der Waals surface area (Å²) in [6.07, 6.45) is 3.51. The minimum absolute atomic E-state index is 0.230. The van der Waals surface area contributed by atoms with Gasteiger partial charge in [0.05, 0.1) is 10.6 Å². The Morgan fingerprint density at radius 2 is 1.63 bits per heavy atom. The third kappa shape index (κ3) is 4.28. The molecular formula is C21H23N5O3S. The predicted molar refractivity (Wildman–Crippen MR) is 114 cm³/mol. The van der Waals surface area contributed by atoms with Crippen molar-refractivity contribution in [2.45, 2.75) is 4.90 Å². The summed E-state index contributed by atoms with van der Waals surface area (Å²) >= 11 is 0. The van der Waals surface area contributed by atoms with Crippen LogP contribution in [0.2, 0.25) is 0 Å². The molecule has 2 heterocycles. The summed E-state index contributed by atoms with van der Waals surface area (Å²) in [5.74, 6) is -0.267. The van der Waals surface area contributed by atoms with Gasteiger partial charge in [0, 0.05) is 49.8 Å². The summed E-state index contributed by atoms with van der Waals surface area (Å²) in [7, 11) is -1.54. The van der Waals surface area contributed by atoms with Gasteiger partial charge >= 0.3 is 0 Å². The van der Waals surface area contributed by atoms with Crippen LogP contribution >= 0.6 is 0 Å². The Bertz CT molecular complexity index is 1100. The lowest BCUT2D eigenvalue weighted by molar-refractivity contribution is 0.102. The Morgan fingerprint density at radius 3 is 2.23 bits per heavy atom. The highest BCUT2D eigenvalue weighted by Crippen LogP contribution is 2.20. The molecule has 0 unspecified atom stereocenters. The van der Waals surface area contributed by atoms with Gasteiger partial charge in [0.15, 0.2) is 0 Å². The Labute approximate surface area is 175 Å². The number of piperazine rings is 1. The first kappa shape index (κ1) is 20.3. The molecule has 1 saturated heterocycles. The van der Waals surface area contributed by atoms with Crippen LogP contribution in [0.15, 0.2) is 71.9 Å². The van der Waals surface area contributed by atoms with Gasteiger partial charge < -0.3 is 10.2 Å². The SMILES string of the molecule is CN1CCN(S(=O)(=O)c2ccc(NC(=O)c3ccc(-n4cccn4)cc3)cc2)CC1. The second-order valence-electron chi connectivity index (χ2n) is 7.18. The molecule has 0 atom stereocenters. The number of carbonyl (C=O) groups excluding carboxylic acids is 1. The van der Waals surface area contributed by atoms with Gasteiger partial charge in [-0.25, -0.2) is 13.1 Å². The molecule has 156 valence electrons. The van der Waals surface area contributed by atoms with E-state index in [1.165, 1.54) is 16.4 Å². The second kappa shape index (κ2) is 8.39. The molecule has 8 nitrogen and oxygen atoms in total. The molecule has 0 spiro atoms. The van der Waals surface area contributed by atoms with E-state index in [0.717, 1.165) is 5.69 Å². The minimum atomic E-state index is -3.52. The number of benzene rings is 2. The fraction of sp³-hybridized carbons (Fsp3) is 0.238. The van der Waals surface area contributed by atoms with Gasteiger partial charge in [-0.1, -0.05) is 0 Å². The molecule has 2 aromatic carbocycles. The van der Waals surface area contributed by atoms with Crippen molar-refractivity contribution in [2.75, 3.05) is 38.5 Å². The van der Waals surface area contributed by atoms with Crippen LogP contribution < -0.4 is 5.32 Å². The van der Waals surface area contributed by atoms with Crippen molar-refractivity contribution in [2.24, 2.45) is 0 Å². The van der Waals surface area contributed by atoms with Crippen molar-refractivity contribution in [3.63, 3.8) is 0 Å². The Balaban J connectivity index is 1.42. The number of amides is 1. The first-order valence-corrected chi connectivity index (χ1v) is 11.1. The topological polar surface area (TPSA) is 87.5 Å². The van der Waals surface area contributed by atoms with Crippen LogP contribution in [0.3, 0.4) is 0 Å². The molecule has 1 aromatic heterocycles. The number of hydrogen-bond acceptors (Lipinski definition) is 5. The molecule has 0 aliphatic carbocycles. The Hall–Kier alpha value is -3.01. The number of carbonyl (C=O) groups is 1. The smallest absolute Gasteiger partial charge is 0.255 e. The van der Waals surface area contributed by atoms with Gasteiger partial charge in [-0.15, -0.1) is 0 Å². The molecule has 1 amide bonds. The van der Waals surface area contributed by atoms with E-state index < -0.39 is 10.0 Å². The first-order chi connectivity index (χ1) is 14.4. The summed E-state index contributed by atoms with van der Waals surface area (Å²) in [5, 5.41) is 6.96. The zero-order chi connectivity index (χ0) is 21.1. The van der Waals surface area contributed by atoms with Crippen LogP contribution in [-0.4, -0.2) is 66.5 Å². The van der Waals surface area contributed by atoms with Gasteiger partial charge in [-0.3, -0.25) is 4.79 Å². The van der Waals surface area contributed by atoms with Crippen LogP contribution in [-0.2, 0) is 10.0 Å². The maximum absolute atomic E-state index is 12.8. The maximum Gasteiger partial charge on any atom is 0.255 e. The van der Waals surface area contributed by atoms with Crippen molar-refractivity contribution in [3.05, 3.63) is 72.6 Å². The van der Waals surface area contributed by atoms with E-state index in [1.54, 1.807) is 35.1 Å². The average molecular weight is 426 g/mol. The number of sulfonamides is 1. The Kier molecular flexibility index (Phi) is 5.67. The molecule has 1 N–H and O–H groups in total. The summed E-state index contributed by atoms with van der Waals surface area (Å²) < 4.78 is 28.8. The number of rotatable bonds is 5. The number of hydrogen-bond donors (Lipinski definition) is 1. The largest absolute Gasteiger partial charge is 0.322 e. The summed E-state index contributed by atoms with van der Waals surface area (Å²) in [6, 6.07) is 15.2. The lowest BCUT2D eigenvalue weighted by Crippen LogP contribution is -2.46. The Morgan fingerprint density at radius 1 is 0.967 bits per heavy atom. The second-order valence-corrected chi connectivity index (χ2v) is 9.12. The molecule has 1 aliphatic rings. The lowest BCUT2D eigenvalue weighted by atomic mass is 10.2. The van der Waals surface area contributed by atoms with Gasteiger partial charge in [-0.2, -0.15) is 9.40 Å². The molecule has 1 aliphatic heterocycles. The van der Waals surface area contributed by atoms with Crippen molar-refractivity contribution in [1.29, 1.82) is 0 Å². The number of nitrogens with one attached hydrogen (secondary N) is 1. The van der Waals surface area contributed by atoms with E-state index >= 15 is 0 Å². The minimum Gasteiger partial charge on any atom is -0.322 e. The lowest BCUT2D eigenvalue weighted by Gasteiger charge is -2.31. The van der Waals surface area contributed by atoms with Gasteiger partial charge in [0.1, 0.15) is 0 Å². The highest BCUT2D eigenvalue weighted by molar-refractivity contribution is 7.89. The van der Waals surface area contributed by atoms with Gasteiger partial charge in [0.2, 0.25) is 10.0 Å². The third-order valence-corrected chi connectivity index (χ3v) is 7.02. The van der Waals surface area contributed by atoms with E-state index in [-0.39, 0.29) is 10.8 Å². The maximum atomic E-state index is 12.8. The number of anilines is 1. The summed E-state index contributed by atoms with van der Waals surface area (Å²) in [5.41, 5.74) is 1.89. The fourth-order valence-corrected chi connectivity index (χ4v) is 4.70. The van der Waals surface area contributed by atoms with Crippen LogP contribution in [0, 0.1) is 0 Å². The molecule has 30 heavy (non-hydrogen) atoms. The standard InChI is InChI=1S/C21H23N5O3S/c1-24-13-15-25(16-14-24)30(28,29)20-9-5-18(6-10-20)23-21(27)17-3-7-19(8-4-17)26-12-2-11-22-26/h2-12H,13-16H2,1H3,(H,23,27). The van der Waals surface area contributed by atoms with Crippen molar-refractivity contribution < 1.29 is 13.2 Å². The van der Waals surface area contributed by atoms with E-state index in [0.29, 0.717) is 37.4 Å². The molecule has 0 bridgehead atoms. The van der Waals surface area contributed by atoms with Crippen molar-refractivity contribution in [1.82, 2.24) is 19.0 Å². The highest BCUT2D eigenvalue weighted by Gasteiger charge is 2.27. The van der Waals surface area contributed by atoms with Crippen molar-refractivity contribution in [3.8, 4) is 5.69 Å². The first-order valence-electron chi connectivity index (χ1n) is 9.64. The molecule has 0 radical (unpaired) electrons. The van der Waals surface area contributed by atoms with E-state index in [9.17, 15) is 13.2 Å². The molecule has 1 fully saturated rings. The monoisotopic (exact) mass is 425 g/mol. The highest BCUT2D eigenvalue weighted by atomic mass is 32.2. The van der Waals surface area contributed by atoms with E-state index in [4.69, 9.17) is 0 Å². The zero-order valence-electron chi connectivity index (χ0n) is 16.6. The zero-order valence-corrected chi connectivity index (χ0v) is 17.4. The molecule has 4 rings (SSSR count). The van der Waals surface area contributed by atoms with Crippen LogP contribution in [0.4, 0.5) is 5.69 Å². The third-order valence-electron chi connectivity index (χ3n) is 5.11. The van der Waals surface area contributed by atoms with Gasteiger partial charge in [-0.05, 0) is 61.6 Å². The predicted octanol–water partition coefficient (Wildman–Crippen LogP) is 2.06. The molecule has 0 saturated carbocycles. The van der Waals surface area contributed by atoms with Crippen LogP contribution in [0.5, 0.6) is 0 Å². The quantitative estimate of drug-likeness (QED) is 0.676.